The SMILES string of the molecule is CCCCCN/C=C(\N)CCC(C)=O. The number of rotatable bonds is 8. The first kappa shape index (κ1) is 13.0. The number of unbranched alkanes of at least 4 members (excludes halogenated alkanes) is 2. The lowest BCUT2D eigenvalue weighted by Crippen LogP contribution is -2.11. The fraction of sp³-hybridized carbons (Fsp3) is 0.727. The van der Waals surface area contributed by atoms with Gasteiger partial charge in [0, 0.05) is 24.9 Å². The fourth-order valence-corrected chi connectivity index (χ4v) is 1.07. The lowest BCUT2D eigenvalue weighted by atomic mass is 10.2. The molecule has 0 aromatic rings. The highest BCUT2D eigenvalue weighted by molar-refractivity contribution is 5.75. The maximum Gasteiger partial charge on any atom is 0.130 e. The van der Waals surface area contributed by atoms with Crippen molar-refractivity contribution in [1.29, 1.82) is 0 Å². The van der Waals surface area contributed by atoms with Gasteiger partial charge in [0.25, 0.3) is 0 Å². The van der Waals surface area contributed by atoms with E-state index in [0.717, 1.165) is 12.2 Å². The first-order valence-electron chi connectivity index (χ1n) is 5.34. The van der Waals surface area contributed by atoms with E-state index in [9.17, 15) is 4.79 Å². The fourth-order valence-electron chi connectivity index (χ4n) is 1.07. The van der Waals surface area contributed by atoms with E-state index in [1.165, 1.54) is 19.3 Å². The molecule has 0 saturated carbocycles. The van der Waals surface area contributed by atoms with Crippen LogP contribution in [0.1, 0.15) is 46.0 Å². The summed E-state index contributed by atoms with van der Waals surface area (Å²) in [5.74, 6) is 0.187. The summed E-state index contributed by atoms with van der Waals surface area (Å²) in [6.07, 6.45) is 6.67. The molecule has 0 aliphatic carbocycles. The maximum atomic E-state index is 10.7. The minimum absolute atomic E-state index is 0.187. The average Bonchev–Trinajstić information content (AvgIpc) is 2.14. The van der Waals surface area contributed by atoms with Crippen LogP contribution in [0, 0.1) is 0 Å². The Morgan fingerprint density at radius 3 is 2.64 bits per heavy atom. The van der Waals surface area contributed by atoms with E-state index in [1.54, 1.807) is 6.92 Å². The summed E-state index contributed by atoms with van der Waals surface area (Å²) in [5, 5.41) is 3.15. The van der Waals surface area contributed by atoms with Gasteiger partial charge in [-0.2, -0.15) is 0 Å². The van der Waals surface area contributed by atoms with Crippen LogP contribution in [0.2, 0.25) is 0 Å². The minimum Gasteiger partial charge on any atom is -0.401 e. The van der Waals surface area contributed by atoms with E-state index in [4.69, 9.17) is 5.73 Å². The lowest BCUT2D eigenvalue weighted by molar-refractivity contribution is -0.116. The van der Waals surface area contributed by atoms with Gasteiger partial charge in [-0.1, -0.05) is 19.8 Å². The second-order valence-electron chi connectivity index (χ2n) is 3.58. The minimum atomic E-state index is 0.187. The van der Waals surface area contributed by atoms with Gasteiger partial charge in [-0.25, -0.2) is 0 Å². The molecule has 14 heavy (non-hydrogen) atoms. The van der Waals surface area contributed by atoms with E-state index in [-0.39, 0.29) is 5.78 Å². The van der Waals surface area contributed by atoms with Crippen LogP contribution in [0.5, 0.6) is 0 Å². The largest absolute Gasteiger partial charge is 0.401 e. The number of ketones is 1. The highest BCUT2D eigenvalue weighted by Crippen LogP contribution is 1.97. The molecule has 3 nitrogen and oxygen atoms in total. The van der Waals surface area contributed by atoms with Crippen LogP contribution in [0.15, 0.2) is 11.9 Å². The third-order valence-electron chi connectivity index (χ3n) is 1.98. The molecule has 0 rings (SSSR count). The van der Waals surface area contributed by atoms with Crippen molar-refractivity contribution in [1.82, 2.24) is 5.32 Å². The summed E-state index contributed by atoms with van der Waals surface area (Å²) in [6.45, 7) is 4.73. The third kappa shape index (κ3) is 9.10. The molecule has 3 heteroatoms. The van der Waals surface area contributed by atoms with Crippen LogP contribution in [0.4, 0.5) is 0 Å². The summed E-state index contributed by atoms with van der Waals surface area (Å²) in [7, 11) is 0. The molecule has 0 amide bonds. The van der Waals surface area contributed by atoms with Gasteiger partial charge in [-0.15, -0.1) is 0 Å². The molecular formula is C11H22N2O. The number of nitrogens with two attached hydrogens (primary N) is 1. The molecule has 0 atom stereocenters. The van der Waals surface area contributed by atoms with Gasteiger partial charge in [0.05, 0.1) is 0 Å². The van der Waals surface area contributed by atoms with E-state index in [1.807, 2.05) is 6.20 Å². The van der Waals surface area contributed by atoms with Gasteiger partial charge < -0.3 is 15.8 Å². The Morgan fingerprint density at radius 2 is 2.07 bits per heavy atom. The first-order chi connectivity index (χ1) is 6.66. The molecule has 0 aliphatic heterocycles. The molecule has 0 aromatic carbocycles. The lowest BCUT2D eigenvalue weighted by Gasteiger charge is -2.02. The summed E-state index contributed by atoms with van der Waals surface area (Å²) in [6, 6.07) is 0. The summed E-state index contributed by atoms with van der Waals surface area (Å²) in [5.41, 5.74) is 6.44. The van der Waals surface area contributed by atoms with E-state index < -0.39 is 0 Å². The molecular weight excluding hydrogens is 176 g/mol. The van der Waals surface area contributed by atoms with Crippen LogP contribution >= 0.6 is 0 Å². The second-order valence-corrected chi connectivity index (χ2v) is 3.58. The van der Waals surface area contributed by atoms with Gasteiger partial charge in [-0.3, -0.25) is 0 Å². The molecule has 82 valence electrons. The Morgan fingerprint density at radius 1 is 1.36 bits per heavy atom. The van der Waals surface area contributed by atoms with Crippen LogP contribution < -0.4 is 11.1 Å². The monoisotopic (exact) mass is 198 g/mol. The number of carbonyl (C=O) groups excluding carboxylic acids is 1. The smallest absolute Gasteiger partial charge is 0.130 e. The predicted molar refractivity (Wildman–Crippen MR) is 59.7 cm³/mol. The maximum absolute atomic E-state index is 10.7. The van der Waals surface area contributed by atoms with Gasteiger partial charge in [0.2, 0.25) is 0 Å². The Kier molecular flexibility index (Phi) is 7.99. The van der Waals surface area contributed by atoms with Crippen molar-refractivity contribution < 1.29 is 4.79 Å². The Labute approximate surface area is 86.8 Å². The summed E-state index contributed by atoms with van der Waals surface area (Å²) >= 11 is 0. The Bertz CT molecular complexity index is 188. The summed E-state index contributed by atoms with van der Waals surface area (Å²) in [4.78, 5) is 10.7. The standard InChI is InChI=1S/C11H22N2O/c1-3-4-5-8-13-9-11(12)7-6-10(2)14/h9,13H,3-8,12H2,1-2H3/b11-9-. The number of nitrogens with one attached hydrogen (secondary N) is 1. The van der Waals surface area contributed by atoms with Crippen molar-refractivity contribution in [2.45, 2.75) is 46.0 Å². The number of hydrogen-bond donors (Lipinski definition) is 2. The molecule has 0 aromatic heterocycles. The van der Waals surface area contributed by atoms with Crippen LogP contribution in [0.25, 0.3) is 0 Å². The van der Waals surface area contributed by atoms with E-state index in [2.05, 4.69) is 12.2 Å². The topological polar surface area (TPSA) is 55.1 Å². The molecule has 0 heterocycles. The van der Waals surface area contributed by atoms with Gasteiger partial charge in [-0.05, 0) is 19.8 Å². The molecule has 3 N–H and O–H groups in total. The van der Waals surface area contributed by atoms with Crippen LogP contribution in [-0.2, 0) is 4.79 Å². The van der Waals surface area contributed by atoms with Crippen molar-refractivity contribution in [2.75, 3.05) is 6.54 Å². The molecule has 0 bridgehead atoms. The van der Waals surface area contributed by atoms with Crippen LogP contribution in [-0.4, -0.2) is 12.3 Å². The van der Waals surface area contributed by atoms with Gasteiger partial charge >= 0.3 is 0 Å². The number of hydrogen-bond acceptors (Lipinski definition) is 3. The zero-order chi connectivity index (χ0) is 10.8. The molecule has 0 radical (unpaired) electrons. The number of Topliss-reactive ketones (excluding diaryl/α,β-unsaturated/α-hetero) is 1. The average molecular weight is 198 g/mol. The second kappa shape index (κ2) is 8.60. The van der Waals surface area contributed by atoms with E-state index >= 15 is 0 Å². The molecule has 0 spiro atoms. The highest BCUT2D eigenvalue weighted by Gasteiger charge is 1.94. The third-order valence-corrected chi connectivity index (χ3v) is 1.98. The van der Waals surface area contributed by atoms with Crippen molar-refractivity contribution in [3.8, 4) is 0 Å². The van der Waals surface area contributed by atoms with Crippen molar-refractivity contribution in [2.24, 2.45) is 5.73 Å². The highest BCUT2D eigenvalue weighted by atomic mass is 16.1. The van der Waals surface area contributed by atoms with Crippen molar-refractivity contribution in [3.63, 3.8) is 0 Å². The normalized spacial score (nSPS) is 11.4. The Balaban J connectivity index is 3.41. The zero-order valence-electron chi connectivity index (χ0n) is 9.31. The van der Waals surface area contributed by atoms with Crippen LogP contribution in [0.3, 0.4) is 0 Å². The van der Waals surface area contributed by atoms with Crippen molar-refractivity contribution in [3.05, 3.63) is 11.9 Å². The van der Waals surface area contributed by atoms with E-state index in [0.29, 0.717) is 12.8 Å². The first-order valence-corrected chi connectivity index (χ1v) is 5.34. The van der Waals surface area contributed by atoms with Gasteiger partial charge in [0.15, 0.2) is 0 Å². The van der Waals surface area contributed by atoms with Gasteiger partial charge in [0.1, 0.15) is 5.78 Å². The molecule has 0 saturated heterocycles. The molecule has 0 aliphatic rings. The molecule has 0 fully saturated rings. The Hall–Kier alpha value is -0.990. The molecule has 0 unspecified atom stereocenters. The number of allylic oxidation sites excluding steroid dienone is 1. The quantitative estimate of drug-likeness (QED) is 0.586. The van der Waals surface area contributed by atoms with Crippen molar-refractivity contribution >= 4 is 5.78 Å². The number of carbonyl (C=O) groups is 1. The zero-order valence-corrected chi connectivity index (χ0v) is 9.31. The summed E-state index contributed by atoms with van der Waals surface area (Å²) < 4.78 is 0. The predicted octanol–water partition coefficient (Wildman–Crippen LogP) is 1.94.